The Kier molecular flexibility index (Phi) is 5.19. The summed E-state index contributed by atoms with van der Waals surface area (Å²) >= 11 is 5.48. The molecule has 0 unspecified atom stereocenters. The summed E-state index contributed by atoms with van der Waals surface area (Å²) in [5.41, 5.74) is 3.05. The lowest BCUT2D eigenvalue weighted by Gasteiger charge is -1.96. The van der Waals surface area contributed by atoms with Crippen LogP contribution in [-0.4, -0.2) is 0 Å². The molecule has 0 saturated heterocycles. The lowest BCUT2D eigenvalue weighted by molar-refractivity contribution is 0.861. The van der Waals surface area contributed by atoms with Crippen LogP contribution in [0.2, 0.25) is 0 Å². The van der Waals surface area contributed by atoms with Crippen molar-refractivity contribution in [2.24, 2.45) is 0 Å². The zero-order chi connectivity index (χ0) is 6.41. The minimum Gasteiger partial charge on any atom is -0.0930 e. The van der Waals surface area contributed by atoms with Gasteiger partial charge in [0.2, 0.25) is 0 Å². The van der Waals surface area contributed by atoms with Gasteiger partial charge in [-0.05, 0) is 12.8 Å². The molecule has 1 heteroatoms. The normalized spacial score (nSPS) is 12.1. The Morgan fingerprint density at radius 1 is 1.50 bits per heavy atom. The molecule has 0 aliphatic heterocycles. The number of hydrogen-bond donors (Lipinski definition) is 0. The summed E-state index contributed by atoms with van der Waals surface area (Å²) in [5, 5.41) is 0. The second-order valence-corrected chi connectivity index (χ2v) is 2.09. The van der Waals surface area contributed by atoms with Gasteiger partial charge in [0.05, 0.1) is 0 Å². The van der Waals surface area contributed by atoms with Crippen molar-refractivity contribution in [1.29, 1.82) is 0 Å². The molecule has 0 amide bonds. The van der Waals surface area contributed by atoms with Gasteiger partial charge < -0.3 is 0 Å². The highest BCUT2D eigenvalue weighted by Crippen LogP contribution is 2.09. The maximum absolute atomic E-state index is 5.48. The van der Waals surface area contributed by atoms with E-state index in [9.17, 15) is 0 Å². The SMILES string of the molecule is CCC/C(=C\Cl)CC. The highest BCUT2D eigenvalue weighted by Gasteiger charge is 1.87. The fraction of sp³-hybridized carbons (Fsp3) is 0.714. The van der Waals surface area contributed by atoms with E-state index >= 15 is 0 Å². The van der Waals surface area contributed by atoms with Crippen LogP contribution in [0.5, 0.6) is 0 Å². The van der Waals surface area contributed by atoms with E-state index in [1.807, 2.05) is 0 Å². The first kappa shape index (κ1) is 8.03. The Morgan fingerprint density at radius 3 is 2.25 bits per heavy atom. The van der Waals surface area contributed by atoms with Crippen molar-refractivity contribution < 1.29 is 0 Å². The Hall–Kier alpha value is 0.0300. The summed E-state index contributed by atoms with van der Waals surface area (Å²) < 4.78 is 0. The van der Waals surface area contributed by atoms with Gasteiger partial charge in [0.15, 0.2) is 0 Å². The van der Waals surface area contributed by atoms with Crippen LogP contribution in [0, 0.1) is 0 Å². The predicted molar refractivity (Wildman–Crippen MR) is 39.1 cm³/mol. The fourth-order valence-corrected chi connectivity index (χ4v) is 0.893. The smallest absolute Gasteiger partial charge is 0.00343 e. The van der Waals surface area contributed by atoms with Crippen LogP contribution in [0.25, 0.3) is 0 Å². The molecule has 0 aliphatic carbocycles. The minimum atomic E-state index is 1.09. The van der Waals surface area contributed by atoms with Crippen molar-refractivity contribution in [1.82, 2.24) is 0 Å². The number of allylic oxidation sites excluding steroid dienone is 1. The summed E-state index contributed by atoms with van der Waals surface area (Å²) in [6, 6.07) is 0. The molecule has 0 spiro atoms. The average Bonchev–Trinajstić information content (AvgIpc) is 1.83. The first-order valence-corrected chi connectivity index (χ1v) is 3.56. The maximum Gasteiger partial charge on any atom is 0.00343 e. The minimum absolute atomic E-state index is 1.09. The molecule has 0 saturated carbocycles. The van der Waals surface area contributed by atoms with Gasteiger partial charge in [-0.1, -0.05) is 37.4 Å². The Balaban J connectivity index is 3.38. The van der Waals surface area contributed by atoms with Gasteiger partial charge in [0.25, 0.3) is 0 Å². The predicted octanol–water partition coefficient (Wildman–Crippen LogP) is 3.32. The van der Waals surface area contributed by atoms with E-state index in [-0.39, 0.29) is 0 Å². The number of halogens is 1. The van der Waals surface area contributed by atoms with Gasteiger partial charge >= 0.3 is 0 Å². The zero-order valence-electron chi connectivity index (χ0n) is 5.58. The summed E-state index contributed by atoms with van der Waals surface area (Å²) in [6.07, 6.45) is 3.45. The van der Waals surface area contributed by atoms with Crippen LogP contribution < -0.4 is 0 Å². The second-order valence-electron chi connectivity index (χ2n) is 1.87. The lowest BCUT2D eigenvalue weighted by atomic mass is 10.1. The van der Waals surface area contributed by atoms with Crippen LogP contribution in [0.1, 0.15) is 33.1 Å². The first-order chi connectivity index (χ1) is 3.85. The molecule has 0 radical (unpaired) electrons. The summed E-state index contributed by atoms with van der Waals surface area (Å²) in [5.74, 6) is 0. The topological polar surface area (TPSA) is 0 Å². The third-order valence-electron chi connectivity index (χ3n) is 1.18. The molecule has 0 aromatic carbocycles. The molecule has 0 N–H and O–H groups in total. The molecule has 0 bridgehead atoms. The van der Waals surface area contributed by atoms with E-state index in [2.05, 4.69) is 13.8 Å². The van der Waals surface area contributed by atoms with Crippen molar-refractivity contribution in [2.75, 3.05) is 0 Å². The van der Waals surface area contributed by atoms with E-state index in [1.54, 1.807) is 5.54 Å². The maximum atomic E-state index is 5.48. The molecular weight excluding hydrogens is 120 g/mol. The monoisotopic (exact) mass is 132 g/mol. The van der Waals surface area contributed by atoms with Crippen LogP contribution >= 0.6 is 11.6 Å². The van der Waals surface area contributed by atoms with Gasteiger partial charge in [-0.2, -0.15) is 0 Å². The highest BCUT2D eigenvalue weighted by atomic mass is 35.5. The van der Waals surface area contributed by atoms with Crippen LogP contribution in [-0.2, 0) is 0 Å². The molecule has 0 nitrogen and oxygen atoms in total. The third-order valence-corrected chi connectivity index (χ3v) is 1.49. The zero-order valence-corrected chi connectivity index (χ0v) is 6.33. The summed E-state index contributed by atoms with van der Waals surface area (Å²) in [6.45, 7) is 4.29. The highest BCUT2D eigenvalue weighted by molar-refractivity contribution is 6.25. The van der Waals surface area contributed by atoms with Gasteiger partial charge in [0, 0.05) is 5.54 Å². The van der Waals surface area contributed by atoms with Crippen LogP contribution in [0.4, 0.5) is 0 Å². The molecule has 0 fully saturated rings. The van der Waals surface area contributed by atoms with Crippen molar-refractivity contribution in [3.8, 4) is 0 Å². The Labute approximate surface area is 56.5 Å². The van der Waals surface area contributed by atoms with Gasteiger partial charge in [-0.15, -0.1) is 0 Å². The molecular formula is C7H13Cl. The molecule has 0 atom stereocenters. The van der Waals surface area contributed by atoms with E-state index in [0.29, 0.717) is 0 Å². The molecule has 0 rings (SSSR count). The van der Waals surface area contributed by atoms with Crippen molar-refractivity contribution in [2.45, 2.75) is 33.1 Å². The van der Waals surface area contributed by atoms with E-state index in [1.165, 1.54) is 12.0 Å². The Bertz CT molecular complexity index is 74.5. The van der Waals surface area contributed by atoms with Crippen molar-refractivity contribution >= 4 is 11.6 Å². The largest absolute Gasteiger partial charge is 0.0930 e. The molecule has 8 heavy (non-hydrogen) atoms. The number of hydrogen-bond acceptors (Lipinski definition) is 0. The molecule has 0 heterocycles. The standard InChI is InChI=1S/C7H13Cl/c1-3-5-7(4-2)6-8/h6H,3-5H2,1-2H3/b7-6-. The van der Waals surface area contributed by atoms with Gasteiger partial charge in [0.1, 0.15) is 0 Å². The molecule has 48 valence electrons. The van der Waals surface area contributed by atoms with Crippen LogP contribution in [0.15, 0.2) is 11.1 Å². The van der Waals surface area contributed by atoms with E-state index < -0.39 is 0 Å². The van der Waals surface area contributed by atoms with E-state index in [0.717, 1.165) is 12.8 Å². The quantitative estimate of drug-likeness (QED) is 0.553. The summed E-state index contributed by atoms with van der Waals surface area (Å²) in [4.78, 5) is 0. The first-order valence-electron chi connectivity index (χ1n) is 3.13. The Morgan fingerprint density at radius 2 is 2.12 bits per heavy atom. The molecule has 0 aliphatic rings. The molecule has 0 aromatic rings. The van der Waals surface area contributed by atoms with E-state index in [4.69, 9.17) is 11.6 Å². The lowest BCUT2D eigenvalue weighted by Crippen LogP contribution is -1.76. The summed E-state index contributed by atoms with van der Waals surface area (Å²) in [7, 11) is 0. The molecule has 0 aromatic heterocycles. The fourth-order valence-electron chi connectivity index (χ4n) is 0.630. The van der Waals surface area contributed by atoms with Gasteiger partial charge in [-0.25, -0.2) is 0 Å². The average molecular weight is 133 g/mol. The third kappa shape index (κ3) is 3.09. The van der Waals surface area contributed by atoms with Gasteiger partial charge in [-0.3, -0.25) is 0 Å². The van der Waals surface area contributed by atoms with Crippen molar-refractivity contribution in [3.63, 3.8) is 0 Å². The van der Waals surface area contributed by atoms with Crippen LogP contribution in [0.3, 0.4) is 0 Å². The van der Waals surface area contributed by atoms with Crippen molar-refractivity contribution in [3.05, 3.63) is 11.1 Å². The number of rotatable bonds is 3. The second kappa shape index (κ2) is 5.17.